The maximum atomic E-state index is 13.8. The van der Waals surface area contributed by atoms with Crippen LogP contribution < -0.4 is 19.5 Å². The highest BCUT2D eigenvalue weighted by Crippen LogP contribution is 2.32. The third kappa shape index (κ3) is 10.2. The van der Waals surface area contributed by atoms with Gasteiger partial charge in [-0.1, -0.05) is 53.3 Å². The van der Waals surface area contributed by atoms with E-state index in [1.54, 1.807) is 46.3 Å². The number of rotatable bonds is 16. The van der Waals surface area contributed by atoms with Gasteiger partial charge in [0.1, 0.15) is 17.9 Å². The number of Topliss-reactive ketones (excluding diaryl/α,β-unsaturated/α-hetero) is 1. The van der Waals surface area contributed by atoms with Gasteiger partial charge in [-0.25, -0.2) is 4.79 Å². The number of carbonyl (C=O) groups excluding carboxylic acids is 4. The number of hydrogen-bond donors (Lipinski definition) is 1. The largest absolute Gasteiger partial charge is 0.493 e. The lowest BCUT2D eigenvalue weighted by molar-refractivity contribution is -0.164. The number of ketones is 1. The molecule has 0 saturated carbocycles. The third-order valence-corrected chi connectivity index (χ3v) is 8.30. The number of aryl methyl sites for hydroxylation is 1. The minimum Gasteiger partial charge on any atom is -0.493 e. The van der Waals surface area contributed by atoms with Gasteiger partial charge in [-0.3, -0.25) is 14.4 Å². The number of hydrogen-bond acceptors (Lipinski definition) is 8. The van der Waals surface area contributed by atoms with Crippen molar-refractivity contribution in [2.75, 3.05) is 33.9 Å². The van der Waals surface area contributed by atoms with E-state index in [-0.39, 0.29) is 19.9 Å². The van der Waals surface area contributed by atoms with Crippen molar-refractivity contribution in [2.24, 2.45) is 5.41 Å². The molecule has 1 saturated heterocycles. The zero-order valence-electron chi connectivity index (χ0n) is 27.5. The van der Waals surface area contributed by atoms with Crippen LogP contribution in [0.2, 0.25) is 0 Å². The number of likely N-dealkylation sites (tertiary alicyclic amines) is 1. The maximum absolute atomic E-state index is 13.8. The molecule has 0 aromatic heterocycles. The molecule has 1 fully saturated rings. The molecule has 0 bridgehead atoms. The number of nitrogens with one attached hydrogen (secondary N) is 1. The van der Waals surface area contributed by atoms with Crippen LogP contribution in [0.5, 0.6) is 17.2 Å². The summed E-state index contributed by atoms with van der Waals surface area (Å²) in [7, 11) is 3.15. The molecule has 1 heterocycles. The van der Waals surface area contributed by atoms with Crippen LogP contribution in [0.4, 0.5) is 0 Å². The fourth-order valence-corrected chi connectivity index (χ4v) is 5.12. The maximum Gasteiger partial charge on any atom is 0.329 e. The minimum absolute atomic E-state index is 0. The molecule has 1 N–H and O–H groups in total. The van der Waals surface area contributed by atoms with Crippen molar-refractivity contribution >= 4 is 23.6 Å². The topological polar surface area (TPSA) is 120 Å². The van der Waals surface area contributed by atoms with E-state index in [9.17, 15) is 19.2 Å². The first kappa shape index (κ1) is 38.1. The highest BCUT2D eigenvalue weighted by atomic mass is 16.5. The van der Waals surface area contributed by atoms with Crippen LogP contribution in [0.3, 0.4) is 0 Å². The number of methoxy groups -OCH3 is 2. The molecule has 2 amide bonds. The van der Waals surface area contributed by atoms with Gasteiger partial charge in [0.05, 0.1) is 14.2 Å². The van der Waals surface area contributed by atoms with Crippen LogP contribution in [0.15, 0.2) is 42.5 Å². The molecule has 2 aromatic rings. The highest BCUT2D eigenvalue weighted by molar-refractivity contribution is 6.38. The van der Waals surface area contributed by atoms with Gasteiger partial charge in [-0.05, 0) is 80.3 Å². The molecule has 10 heteroatoms. The predicted octanol–water partition coefficient (Wildman–Crippen LogP) is 5.85. The molecular formula is C36H52N2O8. The molecular weight excluding hydrogens is 588 g/mol. The first-order valence-electron chi connectivity index (χ1n) is 15.8. The number of piperidine rings is 1. The van der Waals surface area contributed by atoms with Crippen molar-refractivity contribution in [1.82, 2.24) is 10.2 Å². The van der Waals surface area contributed by atoms with E-state index in [1.165, 1.54) is 4.90 Å². The van der Waals surface area contributed by atoms with Crippen molar-refractivity contribution in [3.63, 3.8) is 0 Å². The SMILES string of the molecule is C.CCCNC(=O)COc1cccc([C@@H](CCc2ccc(OC)c(OC)c2)OC(=O)C2CCCCN2C(=O)C(=O)C(C)(C)CC)c1. The Kier molecular flexibility index (Phi) is 15.0. The van der Waals surface area contributed by atoms with Crippen LogP contribution in [0, 0.1) is 5.41 Å². The first-order valence-corrected chi connectivity index (χ1v) is 15.8. The Bertz CT molecular complexity index is 1320. The molecule has 1 aliphatic heterocycles. The van der Waals surface area contributed by atoms with Gasteiger partial charge in [0.25, 0.3) is 11.8 Å². The zero-order chi connectivity index (χ0) is 33.0. The lowest BCUT2D eigenvalue weighted by atomic mass is 9.84. The van der Waals surface area contributed by atoms with Gasteiger partial charge >= 0.3 is 5.97 Å². The van der Waals surface area contributed by atoms with Gasteiger partial charge in [0.2, 0.25) is 5.78 Å². The second-order valence-corrected chi connectivity index (χ2v) is 11.9. The van der Waals surface area contributed by atoms with Crippen molar-refractivity contribution < 1.29 is 38.1 Å². The van der Waals surface area contributed by atoms with Crippen LogP contribution in [0.25, 0.3) is 0 Å². The average Bonchev–Trinajstić information content (AvgIpc) is 3.07. The molecule has 0 aliphatic carbocycles. The molecule has 2 aromatic carbocycles. The zero-order valence-corrected chi connectivity index (χ0v) is 27.5. The van der Waals surface area contributed by atoms with Crippen LogP contribution in [-0.4, -0.2) is 68.4 Å². The minimum atomic E-state index is -0.854. The summed E-state index contributed by atoms with van der Waals surface area (Å²) in [5.74, 6) is -0.233. The third-order valence-electron chi connectivity index (χ3n) is 8.30. The van der Waals surface area contributed by atoms with Crippen molar-refractivity contribution in [2.45, 2.75) is 92.2 Å². The van der Waals surface area contributed by atoms with E-state index in [0.29, 0.717) is 68.0 Å². The Morgan fingerprint density at radius 2 is 1.74 bits per heavy atom. The molecule has 1 unspecified atom stereocenters. The van der Waals surface area contributed by atoms with Crippen LogP contribution in [-0.2, 0) is 30.3 Å². The Morgan fingerprint density at radius 3 is 2.41 bits per heavy atom. The van der Waals surface area contributed by atoms with E-state index in [1.807, 2.05) is 38.1 Å². The number of esters is 1. The Labute approximate surface area is 274 Å². The first-order chi connectivity index (χ1) is 21.5. The smallest absolute Gasteiger partial charge is 0.329 e. The van der Waals surface area contributed by atoms with Crippen molar-refractivity contribution in [1.29, 1.82) is 0 Å². The summed E-state index contributed by atoms with van der Waals surface area (Å²) in [5.41, 5.74) is 0.821. The summed E-state index contributed by atoms with van der Waals surface area (Å²) in [6.07, 6.45) is 3.48. The summed E-state index contributed by atoms with van der Waals surface area (Å²) < 4.78 is 22.7. The molecule has 46 heavy (non-hydrogen) atoms. The number of benzene rings is 2. The summed E-state index contributed by atoms with van der Waals surface area (Å²) in [5, 5.41) is 2.78. The molecule has 10 nitrogen and oxygen atoms in total. The van der Waals surface area contributed by atoms with Gasteiger partial charge in [-0.15, -0.1) is 0 Å². The average molecular weight is 641 g/mol. The summed E-state index contributed by atoms with van der Waals surface area (Å²) >= 11 is 0. The fraction of sp³-hybridized carbons (Fsp3) is 0.556. The number of carbonyl (C=O) groups is 4. The lowest BCUT2D eigenvalue weighted by Gasteiger charge is -2.36. The van der Waals surface area contributed by atoms with E-state index in [0.717, 1.165) is 18.4 Å². The van der Waals surface area contributed by atoms with Crippen molar-refractivity contribution in [3.8, 4) is 17.2 Å². The molecule has 0 spiro atoms. The second-order valence-electron chi connectivity index (χ2n) is 11.9. The highest BCUT2D eigenvalue weighted by Gasteiger charge is 2.41. The van der Waals surface area contributed by atoms with E-state index < -0.39 is 35.2 Å². The summed E-state index contributed by atoms with van der Waals surface area (Å²) in [4.78, 5) is 53.7. The summed E-state index contributed by atoms with van der Waals surface area (Å²) in [6.45, 7) is 8.09. The lowest BCUT2D eigenvalue weighted by Crippen LogP contribution is -2.53. The van der Waals surface area contributed by atoms with Gasteiger partial charge < -0.3 is 29.2 Å². The van der Waals surface area contributed by atoms with Gasteiger partial charge in [0, 0.05) is 18.5 Å². The van der Waals surface area contributed by atoms with Gasteiger partial charge in [0.15, 0.2) is 18.1 Å². The van der Waals surface area contributed by atoms with E-state index in [2.05, 4.69) is 5.32 Å². The predicted molar refractivity (Wildman–Crippen MR) is 177 cm³/mol. The molecule has 0 radical (unpaired) electrons. The van der Waals surface area contributed by atoms with Crippen LogP contribution >= 0.6 is 0 Å². The number of nitrogens with zero attached hydrogens (tertiary/aromatic N) is 1. The Balaban J connectivity index is 0.00000736. The molecule has 1 aliphatic rings. The Morgan fingerprint density at radius 1 is 1.00 bits per heavy atom. The molecule has 3 rings (SSSR count). The van der Waals surface area contributed by atoms with E-state index in [4.69, 9.17) is 18.9 Å². The number of ether oxygens (including phenoxy) is 4. The number of amides is 2. The molecule has 2 atom stereocenters. The van der Waals surface area contributed by atoms with Gasteiger partial charge in [-0.2, -0.15) is 0 Å². The van der Waals surface area contributed by atoms with Crippen LogP contribution in [0.1, 0.15) is 90.9 Å². The standard InChI is InChI=1S/C35H48N2O8.CH4/c1-7-19-36-31(38)23-44-26-13-11-12-25(22-26)28(17-15-24-16-18-29(42-5)30(21-24)43-6)45-34(41)27-14-9-10-20-37(27)33(40)32(39)35(3,4)8-2;/h11-13,16,18,21-22,27-28H,7-10,14-15,17,19-20,23H2,1-6H3,(H,36,38);1H4/t27?,28-;/m1./s1. The summed E-state index contributed by atoms with van der Waals surface area (Å²) in [6, 6.07) is 11.9. The Hall–Kier alpha value is -4.08. The van der Waals surface area contributed by atoms with Crippen molar-refractivity contribution in [3.05, 3.63) is 53.6 Å². The quantitative estimate of drug-likeness (QED) is 0.179. The molecule has 254 valence electrons. The van der Waals surface area contributed by atoms with E-state index >= 15 is 0 Å². The second kappa shape index (κ2) is 18.2. The normalized spacial score (nSPS) is 15.2. The monoisotopic (exact) mass is 640 g/mol. The fourth-order valence-electron chi connectivity index (χ4n) is 5.12.